The molecule has 0 aliphatic carbocycles. The average molecular weight is 428 g/mol. The zero-order chi connectivity index (χ0) is 18.2. The Morgan fingerprint density at radius 1 is 1.36 bits per heavy atom. The molecule has 2 heterocycles. The number of aryl methyl sites for hydroxylation is 1. The quantitative estimate of drug-likeness (QED) is 0.795. The number of anilines is 1. The van der Waals surface area contributed by atoms with E-state index in [1.165, 1.54) is 5.01 Å². The van der Waals surface area contributed by atoms with Gasteiger partial charge in [-0.25, -0.2) is 13.4 Å². The summed E-state index contributed by atoms with van der Waals surface area (Å²) in [6.07, 6.45) is 0.761. The molecule has 0 saturated carbocycles. The van der Waals surface area contributed by atoms with Crippen molar-refractivity contribution < 1.29 is 18.0 Å². The number of hydrogen-bond donors (Lipinski definition) is 1. The van der Waals surface area contributed by atoms with Crippen molar-refractivity contribution in [3.63, 3.8) is 0 Å². The SMILES string of the molecule is Cc1cc(NC(=O)C2=NN(C3CCS(=O)(=O)C3)C(=O)CC2)ccc1Br. The summed E-state index contributed by atoms with van der Waals surface area (Å²) in [7, 11) is -3.13. The second kappa shape index (κ2) is 6.87. The standard InChI is InChI=1S/C16H18BrN3O4S/c1-10-8-11(2-3-13(10)17)18-16(22)14-4-5-15(21)20(19-14)12-6-7-25(23,24)9-12/h2-3,8,12H,4-7,9H2,1H3,(H,18,22). The first-order valence-corrected chi connectivity index (χ1v) is 10.5. The first-order valence-electron chi connectivity index (χ1n) is 7.92. The van der Waals surface area contributed by atoms with Gasteiger partial charge in [0.05, 0.1) is 17.5 Å². The number of nitrogens with one attached hydrogen (secondary N) is 1. The fraction of sp³-hybridized carbons (Fsp3) is 0.438. The molecule has 1 N–H and O–H groups in total. The lowest BCUT2D eigenvalue weighted by Gasteiger charge is -2.27. The van der Waals surface area contributed by atoms with Gasteiger partial charge in [0.2, 0.25) is 5.91 Å². The molecule has 2 amide bonds. The average Bonchev–Trinajstić information content (AvgIpc) is 2.91. The molecule has 2 aliphatic rings. The molecule has 1 fully saturated rings. The Bertz CT molecular complexity index is 866. The first kappa shape index (κ1) is 18.1. The lowest BCUT2D eigenvalue weighted by molar-refractivity contribution is -0.133. The van der Waals surface area contributed by atoms with Crippen molar-refractivity contribution in [2.24, 2.45) is 5.10 Å². The van der Waals surface area contributed by atoms with E-state index in [4.69, 9.17) is 0 Å². The minimum atomic E-state index is -3.13. The minimum absolute atomic E-state index is 0.0522. The summed E-state index contributed by atoms with van der Waals surface area (Å²) in [4.78, 5) is 24.5. The second-order valence-corrected chi connectivity index (χ2v) is 9.34. The zero-order valence-corrected chi connectivity index (χ0v) is 16.1. The summed E-state index contributed by atoms with van der Waals surface area (Å²) < 4.78 is 24.2. The third-order valence-corrected chi connectivity index (χ3v) is 6.93. The summed E-state index contributed by atoms with van der Waals surface area (Å²) in [6, 6.07) is 4.96. The third-order valence-electron chi connectivity index (χ3n) is 4.29. The van der Waals surface area contributed by atoms with Crippen LogP contribution in [0, 0.1) is 6.92 Å². The van der Waals surface area contributed by atoms with Gasteiger partial charge in [0.1, 0.15) is 5.71 Å². The molecule has 1 unspecified atom stereocenters. The molecule has 1 aromatic rings. The fourth-order valence-corrected chi connectivity index (χ4v) is 4.85. The largest absolute Gasteiger partial charge is 0.321 e. The Balaban J connectivity index is 1.76. The van der Waals surface area contributed by atoms with Crippen molar-refractivity contribution in [2.45, 2.75) is 32.2 Å². The predicted octanol–water partition coefficient (Wildman–Crippen LogP) is 1.86. The Morgan fingerprint density at radius 3 is 2.76 bits per heavy atom. The molecule has 3 rings (SSSR count). The normalized spacial score (nSPS) is 22.6. The van der Waals surface area contributed by atoms with Crippen LogP contribution in [0.4, 0.5) is 5.69 Å². The van der Waals surface area contributed by atoms with E-state index in [0.29, 0.717) is 12.1 Å². The molecule has 0 bridgehead atoms. The van der Waals surface area contributed by atoms with E-state index < -0.39 is 15.9 Å². The van der Waals surface area contributed by atoms with Crippen LogP contribution in [0.1, 0.15) is 24.8 Å². The van der Waals surface area contributed by atoms with E-state index in [9.17, 15) is 18.0 Å². The molecule has 1 saturated heterocycles. The van der Waals surface area contributed by atoms with Crippen LogP contribution in [0.25, 0.3) is 0 Å². The number of nitrogens with zero attached hydrogens (tertiary/aromatic N) is 2. The maximum Gasteiger partial charge on any atom is 0.271 e. The van der Waals surface area contributed by atoms with Crippen LogP contribution in [0.3, 0.4) is 0 Å². The maximum atomic E-state index is 12.4. The molecule has 1 atom stereocenters. The molecule has 0 spiro atoms. The monoisotopic (exact) mass is 427 g/mol. The van der Waals surface area contributed by atoms with Crippen LogP contribution in [0.15, 0.2) is 27.8 Å². The summed E-state index contributed by atoms with van der Waals surface area (Å²) in [5, 5.41) is 8.13. The van der Waals surface area contributed by atoms with Gasteiger partial charge in [-0.15, -0.1) is 0 Å². The topological polar surface area (TPSA) is 95.9 Å². The molecule has 7 nitrogen and oxygen atoms in total. The van der Waals surface area contributed by atoms with Gasteiger partial charge in [0.25, 0.3) is 5.91 Å². The Hall–Kier alpha value is -1.74. The van der Waals surface area contributed by atoms with E-state index in [1.54, 1.807) is 6.07 Å². The number of sulfone groups is 1. The van der Waals surface area contributed by atoms with Gasteiger partial charge < -0.3 is 5.32 Å². The van der Waals surface area contributed by atoms with Gasteiger partial charge in [-0.2, -0.15) is 5.10 Å². The van der Waals surface area contributed by atoms with E-state index in [-0.39, 0.29) is 41.9 Å². The van der Waals surface area contributed by atoms with E-state index in [0.717, 1.165) is 10.0 Å². The van der Waals surface area contributed by atoms with Crippen LogP contribution >= 0.6 is 15.9 Å². The van der Waals surface area contributed by atoms with Crippen LogP contribution in [-0.4, -0.2) is 48.5 Å². The van der Waals surface area contributed by atoms with Gasteiger partial charge in [-0.3, -0.25) is 9.59 Å². The second-order valence-electron chi connectivity index (χ2n) is 6.26. The van der Waals surface area contributed by atoms with Crippen LogP contribution in [0.5, 0.6) is 0 Å². The summed E-state index contributed by atoms with van der Waals surface area (Å²) in [5.74, 6) is -0.655. The van der Waals surface area contributed by atoms with Gasteiger partial charge in [0.15, 0.2) is 9.84 Å². The molecule has 0 radical (unpaired) electrons. The van der Waals surface area contributed by atoms with Crippen LogP contribution < -0.4 is 5.32 Å². The highest BCUT2D eigenvalue weighted by Gasteiger charge is 2.37. The van der Waals surface area contributed by atoms with E-state index in [1.807, 2.05) is 19.1 Å². The molecule has 134 valence electrons. The summed E-state index contributed by atoms with van der Waals surface area (Å²) in [5.41, 5.74) is 1.86. The van der Waals surface area contributed by atoms with Gasteiger partial charge in [-0.05, 0) is 37.1 Å². The smallest absolute Gasteiger partial charge is 0.271 e. The molecule has 0 aromatic heterocycles. The highest BCUT2D eigenvalue weighted by Crippen LogP contribution is 2.23. The maximum absolute atomic E-state index is 12.4. The van der Waals surface area contributed by atoms with Crippen molar-refractivity contribution in [3.8, 4) is 0 Å². The first-order chi connectivity index (χ1) is 11.7. The van der Waals surface area contributed by atoms with Crippen LogP contribution in [0.2, 0.25) is 0 Å². The van der Waals surface area contributed by atoms with Gasteiger partial charge in [-0.1, -0.05) is 15.9 Å². The molecular formula is C16H18BrN3O4S. The van der Waals surface area contributed by atoms with Crippen molar-refractivity contribution in [1.29, 1.82) is 0 Å². The predicted molar refractivity (Wildman–Crippen MR) is 98.1 cm³/mol. The van der Waals surface area contributed by atoms with Crippen molar-refractivity contribution >= 4 is 49.0 Å². The number of rotatable bonds is 3. The lowest BCUT2D eigenvalue weighted by atomic mass is 10.1. The highest BCUT2D eigenvalue weighted by atomic mass is 79.9. The van der Waals surface area contributed by atoms with Gasteiger partial charge in [0, 0.05) is 23.0 Å². The molecular weight excluding hydrogens is 410 g/mol. The third kappa shape index (κ3) is 4.09. The molecule has 2 aliphatic heterocycles. The van der Waals surface area contributed by atoms with Crippen LogP contribution in [-0.2, 0) is 19.4 Å². The Kier molecular flexibility index (Phi) is 4.97. The zero-order valence-electron chi connectivity index (χ0n) is 13.7. The number of hydrazone groups is 1. The highest BCUT2D eigenvalue weighted by molar-refractivity contribution is 9.10. The Morgan fingerprint density at radius 2 is 2.12 bits per heavy atom. The van der Waals surface area contributed by atoms with Crippen molar-refractivity contribution in [2.75, 3.05) is 16.8 Å². The number of amides is 2. The number of carbonyl (C=O) groups is 2. The number of benzene rings is 1. The van der Waals surface area contributed by atoms with Crippen molar-refractivity contribution in [1.82, 2.24) is 5.01 Å². The number of hydrogen-bond acceptors (Lipinski definition) is 5. The Labute approximate surface area is 154 Å². The summed E-state index contributed by atoms with van der Waals surface area (Å²) in [6.45, 7) is 1.92. The van der Waals surface area contributed by atoms with E-state index in [2.05, 4.69) is 26.3 Å². The lowest BCUT2D eigenvalue weighted by Crippen LogP contribution is -2.42. The minimum Gasteiger partial charge on any atom is -0.321 e. The fourth-order valence-electron chi connectivity index (χ4n) is 2.91. The molecule has 9 heteroatoms. The number of halogens is 1. The van der Waals surface area contributed by atoms with Gasteiger partial charge >= 0.3 is 0 Å². The van der Waals surface area contributed by atoms with Crippen molar-refractivity contribution in [3.05, 3.63) is 28.2 Å². The molecule has 25 heavy (non-hydrogen) atoms. The summed E-state index contributed by atoms with van der Waals surface area (Å²) >= 11 is 3.40. The van der Waals surface area contributed by atoms with E-state index >= 15 is 0 Å². The molecule has 1 aromatic carbocycles. The number of carbonyl (C=O) groups excluding carboxylic acids is 2.